The molecule has 0 N–H and O–H groups in total. The van der Waals surface area contributed by atoms with Crippen LogP contribution in [0.3, 0.4) is 0 Å². The molecule has 0 spiro atoms. The van der Waals surface area contributed by atoms with Crippen molar-refractivity contribution in [3.05, 3.63) is 78.9 Å². The third-order valence-electron chi connectivity index (χ3n) is 3.34. The van der Waals surface area contributed by atoms with Gasteiger partial charge in [0.1, 0.15) is 0 Å². The van der Waals surface area contributed by atoms with Crippen LogP contribution in [0, 0.1) is 0 Å². The number of hydrogen-bond acceptors (Lipinski definition) is 0. The molecule has 0 radical (unpaired) electrons. The summed E-state index contributed by atoms with van der Waals surface area (Å²) in [5.41, 5.74) is 0. The van der Waals surface area contributed by atoms with Gasteiger partial charge in [0.05, 0.1) is 0 Å². The minimum absolute atomic E-state index is 0.460. The summed E-state index contributed by atoms with van der Waals surface area (Å²) in [6.45, 7) is 0. The van der Waals surface area contributed by atoms with Crippen molar-refractivity contribution in [3.8, 4) is 0 Å². The zero-order chi connectivity index (χ0) is 13.4. The Labute approximate surface area is 129 Å². The third kappa shape index (κ3) is 2.06. The predicted molar refractivity (Wildman–Crippen MR) is 89.0 cm³/mol. The summed E-state index contributed by atoms with van der Waals surface area (Å²) in [5, 5.41) is 0. The second-order valence-corrected chi connectivity index (χ2v) is 11.0. The molecular weight excluding hydrogens is 374 g/mol. The van der Waals surface area contributed by atoms with Gasteiger partial charge in [-0.05, 0) is 0 Å². The molecule has 4 rings (SSSR count). The van der Waals surface area contributed by atoms with E-state index in [-0.39, 0.29) is 0 Å². The van der Waals surface area contributed by atoms with E-state index >= 15 is 0 Å². The van der Waals surface area contributed by atoms with E-state index in [0.717, 1.165) is 0 Å². The van der Waals surface area contributed by atoms with Gasteiger partial charge in [0.2, 0.25) is 0 Å². The van der Waals surface area contributed by atoms with E-state index in [1.807, 2.05) is 0 Å². The summed E-state index contributed by atoms with van der Waals surface area (Å²) in [5.74, 6) is 0. The van der Waals surface area contributed by atoms with E-state index in [4.69, 9.17) is 0 Å². The molecule has 0 saturated carbocycles. The Bertz CT molecular complexity index is 705. The monoisotopic (exact) mass is 389 g/mol. The van der Waals surface area contributed by atoms with Crippen LogP contribution < -0.4 is 22.3 Å². The average molecular weight is 387 g/mol. The van der Waals surface area contributed by atoms with Gasteiger partial charge in [0, 0.05) is 0 Å². The first-order valence-corrected chi connectivity index (χ1v) is 10.9. The molecule has 3 aromatic carbocycles. The molecule has 20 heavy (non-hydrogen) atoms. The molecule has 0 saturated heterocycles. The van der Waals surface area contributed by atoms with Crippen molar-refractivity contribution in [2.45, 2.75) is 0 Å². The quantitative estimate of drug-likeness (QED) is 0.409. The van der Waals surface area contributed by atoms with Crippen LogP contribution >= 0.6 is 0 Å². The summed E-state index contributed by atoms with van der Waals surface area (Å²) < 4.78 is 7.89. The SMILES string of the molecule is c1ccc([Se+]2c3ccccc3[Se]c3ccccc32)cc1. The molecular formula is C18H13Se2+. The first kappa shape index (κ1) is 12.4. The molecule has 2 heteroatoms. The molecule has 0 fully saturated rings. The molecule has 0 unspecified atom stereocenters. The molecule has 1 aliphatic rings. The van der Waals surface area contributed by atoms with Gasteiger partial charge in [0.25, 0.3) is 0 Å². The average Bonchev–Trinajstić information content (AvgIpc) is 2.53. The van der Waals surface area contributed by atoms with Crippen molar-refractivity contribution >= 4 is 51.2 Å². The van der Waals surface area contributed by atoms with Crippen LogP contribution in [0.2, 0.25) is 0 Å². The van der Waals surface area contributed by atoms with Gasteiger partial charge in [0.15, 0.2) is 0 Å². The predicted octanol–water partition coefficient (Wildman–Crippen LogP) is 0.171. The molecule has 1 heterocycles. The Kier molecular flexibility index (Phi) is 3.26. The molecule has 0 aliphatic carbocycles. The molecule has 0 bridgehead atoms. The van der Waals surface area contributed by atoms with E-state index in [2.05, 4.69) is 78.9 Å². The maximum absolute atomic E-state index is 2.35. The van der Waals surface area contributed by atoms with Gasteiger partial charge in [-0.2, -0.15) is 0 Å². The van der Waals surface area contributed by atoms with Crippen molar-refractivity contribution in [1.82, 2.24) is 0 Å². The Morgan fingerprint density at radius 1 is 0.550 bits per heavy atom. The van der Waals surface area contributed by atoms with Gasteiger partial charge in [-0.3, -0.25) is 0 Å². The zero-order valence-electron chi connectivity index (χ0n) is 10.8. The third-order valence-corrected chi connectivity index (χ3v) is 12.0. The van der Waals surface area contributed by atoms with E-state index in [1.165, 1.54) is 4.46 Å². The summed E-state index contributed by atoms with van der Waals surface area (Å²) in [7, 11) is 0. The molecule has 0 aromatic heterocycles. The molecule has 3 aromatic rings. The van der Waals surface area contributed by atoms with Crippen LogP contribution in [0.1, 0.15) is 0 Å². The van der Waals surface area contributed by atoms with E-state index in [9.17, 15) is 0 Å². The summed E-state index contributed by atoms with van der Waals surface area (Å²) in [6, 6.07) is 29.2. The number of rotatable bonds is 1. The fraction of sp³-hybridized carbons (Fsp3) is 0. The van der Waals surface area contributed by atoms with Gasteiger partial charge >= 0.3 is 130 Å². The number of fused-ring (bicyclic) bond motifs is 2. The van der Waals surface area contributed by atoms with Crippen molar-refractivity contribution in [2.24, 2.45) is 0 Å². The fourth-order valence-electron chi connectivity index (χ4n) is 2.45. The second kappa shape index (κ2) is 5.24. The first-order chi connectivity index (χ1) is 9.93. The maximum atomic E-state index is 2.35. The molecule has 0 atom stereocenters. The van der Waals surface area contributed by atoms with E-state index in [0.29, 0.717) is 15.0 Å². The Morgan fingerprint density at radius 3 is 1.65 bits per heavy atom. The van der Waals surface area contributed by atoms with E-state index in [1.54, 1.807) is 17.8 Å². The normalized spacial score (nSPS) is 13.6. The summed E-state index contributed by atoms with van der Waals surface area (Å²) in [4.78, 5) is 0. The van der Waals surface area contributed by atoms with Crippen molar-refractivity contribution < 1.29 is 0 Å². The van der Waals surface area contributed by atoms with Gasteiger partial charge in [-0.15, -0.1) is 0 Å². The van der Waals surface area contributed by atoms with Gasteiger partial charge in [-0.25, -0.2) is 0 Å². The van der Waals surface area contributed by atoms with Crippen molar-refractivity contribution in [2.75, 3.05) is 0 Å². The first-order valence-electron chi connectivity index (χ1n) is 6.59. The molecule has 0 amide bonds. The molecule has 96 valence electrons. The van der Waals surface area contributed by atoms with Crippen LogP contribution in [0.5, 0.6) is 0 Å². The number of hydrogen-bond donors (Lipinski definition) is 0. The zero-order valence-corrected chi connectivity index (χ0v) is 14.2. The summed E-state index contributed by atoms with van der Waals surface area (Å²) in [6.07, 6.45) is 0. The summed E-state index contributed by atoms with van der Waals surface area (Å²) >= 11 is -0.639. The Hall–Kier alpha value is -1.30. The van der Waals surface area contributed by atoms with Gasteiger partial charge < -0.3 is 0 Å². The second-order valence-electron chi connectivity index (χ2n) is 4.61. The van der Waals surface area contributed by atoms with Gasteiger partial charge in [-0.1, -0.05) is 0 Å². The van der Waals surface area contributed by atoms with E-state index < -0.39 is 13.9 Å². The van der Waals surface area contributed by atoms with Crippen LogP contribution in [0.25, 0.3) is 0 Å². The number of benzene rings is 3. The molecule has 1 aliphatic heterocycles. The minimum atomic E-state index is -1.10. The standard InChI is InChI=1S/C18H13Se2/c1-2-8-14(9-3-1)20-17-12-6-4-10-15(17)19-16-11-5-7-13-18(16)20/h1-13H/q+1. The molecule has 0 nitrogen and oxygen atoms in total. The van der Waals surface area contributed by atoms with Crippen LogP contribution in [-0.2, 0) is 0 Å². The van der Waals surface area contributed by atoms with Crippen LogP contribution in [-0.4, -0.2) is 28.9 Å². The van der Waals surface area contributed by atoms with Crippen LogP contribution in [0.15, 0.2) is 78.9 Å². The Balaban J connectivity index is 1.98. The fourth-order valence-corrected chi connectivity index (χ4v) is 11.5. The Morgan fingerprint density at radius 2 is 1.05 bits per heavy atom. The van der Waals surface area contributed by atoms with Crippen molar-refractivity contribution in [3.63, 3.8) is 0 Å². The van der Waals surface area contributed by atoms with Crippen LogP contribution in [0.4, 0.5) is 0 Å². The van der Waals surface area contributed by atoms with Crippen molar-refractivity contribution in [1.29, 1.82) is 0 Å². The topological polar surface area (TPSA) is 0 Å².